The highest BCUT2D eigenvalue weighted by Crippen LogP contribution is 2.21. The van der Waals surface area contributed by atoms with Crippen LogP contribution in [0, 0.1) is 0 Å². The average Bonchev–Trinajstić information content (AvgIpc) is 2.31. The van der Waals surface area contributed by atoms with Gasteiger partial charge in [0, 0.05) is 5.56 Å². The molecule has 1 N–H and O–H groups in total. The second kappa shape index (κ2) is 4.62. The second-order valence-electron chi connectivity index (χ2n) is 3.45. The molecule has 2 aromatic carbocycles. The summed E-state index contributed by atoms with van der Waals surface area (Å²) >= 11 is 0. The largest absolute Gasteiger partial charge is 0.508 e. The van der Waals surface area contributed by atoms with Crippen molar-refractivity contribution in [3.05, 3.63) is 65.7 Å². The van der Waals surface area contributed by atoms with Crippen molar-refractivity contribution >= 4 is 11.9 Å². The first kappa shape index (κ1) is 10.4. The summed E-state index contributed by atoms with van der Waals surface area (Å²) in [5, 5.41) is 9.09. The number of hydrogen-bond acceptors (Lipinski definition) is 1. The van der Waals surface area contributed by atoms with Crippen LogP contribution in [0.2, 0.25) is 0 Å². The van der Waals surface area contributed by atoms with Crippen molar-refractivity contribution in [1.29, 1.82) is 0 Å². The van der Waals surface area contributed by atoms with Crippen molar-refractivity contribution in [2.45, 2.75) is 0 Å². The first-order valence-corrected chi connectivity index (χ1v) is 4.97. The average molecular weight is 214 g/mol. The van der Waals surface area contributed by atoms with E-state index in [1.807, 2.05) is 30.3 Å². The Kier molecular flexibility index (Phi) is 3.01. The van der Waals surface area contributed by atoms with Crippen molar-refractivity contribution in [2.24, 2.45) is 0 Å². The van der Waals surface area contributed by atoms with Crippen LogP contribution in [-0.4, -0.2) is 5.11 Å². The lowest BCUT2D eigenvalue weighted by atomic mass is 10.1. The van der Waals surface area contributed by atoms with E-state index in [0.717, 1.165) is 5.56 Å². The summed E-state index contributed by atoms with van der Waals surface area (Å²) in [5.74, 6) is -0.178. The number of halogens is 1. The number of rotatable bonds is 2. The zero-order valence-electron chi connectivity index (χ0n) is 8.60. The standard InChI is InChI=1S/C14H11FO/c15-14(10-11-4-2-1-3-5-11)12-6-8-13(16)9-7-12/h1-10,16H/b14-10-. The summed E-state index contributed by atoms with van der Waals surface area (Å²) in [4.78, 5) is 0. The first-order chi connectivity index (χ1) is 7.75. The molecule has 1 nitrogen and oxygen atoms in total. The molecule has 0 aromatic heterocycles. The molecule has 0 aliphatic rings. The van der Waals surface area contributed by atoms with Crippen LogP contribution >= 0.6 is 0 Å². The van der Waals surface area contributed by atoms with Gasteiger partial charge in [0.05, 0.1) is 0 Å². The van der Waals surface area contributed by atoms with Crippen molar-refractivity contribution in [3.63, 3.8) is 0 Å². The maximum atomic E-state index is 13.7. The van der Waals surface area contributed by atoms with Gasteiger partial charge in [-0.1, -0.05) is 30.3 Å². The third-order valence-corrected chi connectivity index (χ3v) is 2.24. The van der Waals surface area contributed by atoms with E-state index in [1.165, 1.54) is 18.2 Å². The van der Waals surface area contributed by atoms with Gasteiger partial charge in [-0.25, -0.2) is 4.39 Å². The summed E-state index contributed by atoms with van der Waals surface area (Å²) < 4.78 is 13.7. The van der Waals surface area contributed by atoms with Crippen LogP contribution in [0.3, 0.4) is 0 Å². The van der Waals surface area contributed by atoms with Crippen LogP contribution in [-0.2, 0) is 0 Å². The highest BCUT2D eigenvalue weighted by Gasteiger charge is 1.99. The Morgan fingerprint density at radius 1 is 0.938 bits per heavy atom. The van der Waals surface area contributed by atoms with Crippen molar-refractivity contribution in [2.75, 3.05) is 0 Å². The van der Waals surface area contributed by atoms with E-state index >= 15 is 0 Å². The highest BCUT2D eigenvalue weighted by atomic mass is 19.1. The van der Waals surface area contributed by atoms with Gasteiger partial charge in [0.15, 0.2) is 0 Å². The Hall–Kier alpha value is -2.09. The first-order valence-electron chi connectivity index (χ1n) is 4.97. The predicted molar refractivity (Wildman–Crippen MR) is 63.5 cm³/mol. The van der Waals surface area contributed by atoms with E-state index < -0.39 is 0 Å². The molecule has 0 spiro atoms. The summed E-state index contributed by atoms with van der Waals surface area (Å²) in [6.45, 7) is 0. The fraction of sp³-hybridized carbons (Fsp3) is 0. The lowest BCUT2D eigenvalue weighted by Crippen LogP contribution is -1.78. The molecule has 0 heterocycles. The van der Waals surface area contributed by atoms with Crippen LogP contribution in [0.4, 0.5) is 4.39 Å². The monoisotopic (exact) mass is 214 g/mol. The van der Waals surface area contributed by atoms with E-state index in [1.54, 1.807) is 12.1 Å². The van der Waals surface area contributed by atoms with Crippen LogP contribution in [0.15, 0.2) is 54.6 Å². The molecule has 80 valence electrons. The Labute approximate surface area is 93.5 Å². The zero-order chi connectivity index (χ0) is 11.4. The lowest BCUT2D eigenvalue weighted by molar-refractivity contribution is 0.475. The third-order valence-electron chi connectivity index (χ3n) is 2.24. The molecule has 0 saturated carbocycles. The van der Waals surface area contributed by atoms with Gasteiger partial charge in [0.25, 0.3) is 0 Å². The molecule has 0 aliphatic heterocycles. The fourth-order valence-electron chi connectivity index (χ4n) is 1.40. The van der Waals surface area contributed by atoms with Crippen LogP contribution in [0.25, 0.3) is 11.9 Å². The quantitative estimate of drug-likeness (QED) is 0.752. The van der Waals surface area contributed by atoms with Gasteiger partial charge < -0.3 is 5.11 Å². The molecule has 0 radical (unpaired) electrons. The zero-order valence-corrected chi connectivity index (χ0v) is 8.60. The minimum absolute atomic E-state index is 0.135. The number of phenols is 1. The molecule has 0 saturated heterocycles. The number of benzene rings is 2. The molecule has 0 unspecified atom stereocenters. The molecule has 0 aliphatic carbocycles. The normalized spacial score (nSPS) is 11.4. The van der Waals surface area contributed by atoms with Crippen LogP contribution < -0.4 is 0 Å². The molecular weight excluding hydrogens is 203 g/mol. The van der Waals surface area contributed by atoms with Gasteiger partial charge in [-0.3, -0.25) is 0 Å². The van der Waals surface area contributed by atoms with Gasteiger partial charge in [0.2, 0.25) is 0 Å². The van der Waals surface area contributed by atoms with Crippen LogP contribution in [0.1, 0.15) is 11.1 Å². The highest BCUT2D eigenvalue weighted by molar-refractivity contribution is 5.76. The smallest absolute Gasteiger partial charge is 0.131 e. The molecule has 2 heteroatoms. The van der Waals surface area contributed by atoms with Crippen molar-refractivity contribution < 1.29 is 9.50 Å². The third kappa shape index (κ3) is 2.48. The van der Waals surface area contributed by atoms with E-state index in [0.29, 0.717) is 5.56 Å². The Morgan fingerprint density at radius 2 is 1.56 bits per heavy atom. The van der Waals surface area contributed by atoms with Gasteiger partial charge in [0.1, 0.15) is 11.6 Å². The molecule has 16 heavy (non-hydrogen) atoms. The van der Waals surface area contributed by atoms with Crippen molar-refractivity contribution in [1.82, 2.24) is 0 Å². The number of aromatic hydroxyl groups is 1. The number of hydrogen-bond donors (Lipinski definition) is 1. The fourth-order valence-corrected chi connectivity index (χ4v) is 1.40. The van der Waals surface area contributed by atoms with E-state index in [9.17, 15) is 4.39 Å². The van der Waals surface area contributed by atoms with E-state index in [2.05, 4.69) is 0 Å². The molecular formula is C14H11FO. The van der Waals surface area contributed by atoms with Gasteiger partial charge in [-0.2, -0.15) is 0 Å². The lowest BCUT2D eigenvalue weighted by Gasteiger charge is -1.98. The predicted octanol–water partition coefficient (Wildman–Crippen LogP) is 3.86. The Morgan fingerprint density at radius 3 is 2.19 bits per heavy atom. The van der Waals surface area contributed by atoms with Gasteiger partial charge in [-0.05, 0) is 35.9 Å². The molecule has 0 fully saturated rings. The second-order valence-corrected chi connectivity index (χ2v) is 3.45. The van der Waals surface area contributed by atoms with E-state index in [4.69, 9.17) is 5.11 Å². The molecule has 0 atom stereocenters. The van der Waals surface area contributed by atoms with E-state index in [-0.39, 0.29) is 11.6 Å². The molecule has 0 bridgehead atoms. The van der Waals surface area contributed by atoms with Gasteiger partial charge in [-0.15, -0.1) is 0 Å². The minimum Gasteiger partial charge on any atom is -0.508 e. The summed E-state index contributed by atoms with van der Waals surface area (Å²) in [5.41, 5.74) is 1.27. The summed E-state index contributed by atoms with van der Waals surface area (Å²) in [7, 11) is 0. The molecule has 2 aromatic rings. The maximum absolute atomic E-state index is 13.7. The number of phenolic OH excluding ortho intramolecular Hbond substituents is 1. The van der Waals surface area contributed by atoms with Crippen molar-refractivity contribution in [3.8, 4) is 5.75 Å². The summed E-state index contributed by atoms with van der Waals surface area (Å²) in [6, 6.07) is 15.3. The SMILES string of the molecule is Oc1ccc(/C(F)=C/c2ccccc2)cc1. The summed E-state index contributed by atoms with van der Waals surface area (Å²) in [6.07, 6.45) is 1.46. The molecule has 2 rings (SSSR count). The molecule has 0 amide bonds. The Bertz CT molecular complexity index is 486. The maximum Gasteiger partial charge on any atom is 0.131 e. The van der Waals surface area contributed by atoms with Gasteiger partial charge >= 0.3 is 0 Å². The topological polar surface area (TPSA) is 20.2 Å². The Balaban J connectivity index is 2.28. The minimum atomic E-state index is -0.314. The van der Waals surface area contributed by atoms with Crippen LogP contribution in [0.5, 0.6) is 5.75 Å².